The number of amides is 1. The molecule has 7 heteroatoms. The normalized spacial score (nSPS) is 11.7. The number of benzene rings is 2. The van der Waals surface area contributed by atoms with Crippen LogP contribution in [0.1, 0.15) is 36.7 Å². The molecule has 2 aromatic carbocycles. The van der Waals surface area contributed by atoms with Gasteiger partial charge in [-0.2, -0.15) is 4.68 Å². The second-order valence-electron chi connectivity index (χ2n) is 7.47. The third kappa shape index (κ3) is 4.30. The topological polar surface area (TPSA) is 85.8 Å². The van der Waals surface area contributed by atoms with Crippen molar-refractivity contribution in [3.8, 4) is 11.4 Å². The predicted molar refractivity (Wildman–Crippen MR) is 120 cm³/mol. The molecule has 0 aliphatic carbocycles. The van der Waals surface area contributed by atoms with E-state index >= 15 is 0 Å². The van der Waals surface area contributed by atoms with Gasteiger partial charge >= 0.3 is 0 Å². The Morgan fingerprint density at radius 3 is 2.58 bits per heavy atom. The van der Waals surface area contributed by atoms with Gasteiger partial charge in [-0.1, -0.05) is 62.4 Å². The summed E-state index contributed by atoms with van der Waals surface area (Å²) in [5.74, 6) is 0.897. The van der Waals surface area contributed by atoms with Crippen LogP contribution >= 0.6 is 0 Å². The Balaban J connectivity index is 1.79. The number of nitrogens with zero attached hydrogens (tertiary/aromatic N) is 4. The van der Waals surface area contributed by atoms with Crippen LogP contribution in [0, 0.1) is 6.92 Å². The summed E-state index contributed by atoms with van der Waals surface area (Å²) < 4.78 is 6.89. The lowest BCUT2D eigenvalue weighted by molar-refractivity contribution is -0.111. The first kappa shape index (κ1) is 20.3. The van der Waals surface area contributed by atoms with E-state index in [0.29, 0.717) is 11.6 Å². The molecule has 0 spiro atoms. The molecule has 2 heterocycles. The van der Waals surface area contributed by atoms with Crippen LogP contribution in [0.15, 0.2) is 71.3 Å². The van der Waals surface area contributed by atoms with Gasteiger partial charge in [0.2, 0.25) is 0 Å². The summed E-state index contributed by atoms with van der Waals surface area (Å²) in [5, 5.41) is 15.1. The standard InChI is InChI=1S/C24H23N5O2/c1-16(2)20-13-7-9-17(3)22(20)25-24(30)21(15-19-12-8-14-31-19)29-23(26-27-28-29)18-10-5-4-6-11-18/h4-16H,1-3H3,(H,25,30)/b21-15+. The van der Waals surface area contributed by atoms with E-state index in [2.05, 4.69) is 34.7 Å². The molecular weight excluding hydrogens is 390 g/mol. The van der Waals surface area contributed by atoms with Gasteiger partial charge < -0.3 is 9.73 Å². The van der Waals surface area contributed by atoms with Gasteiger partial charge in [0.05, 0.1) is 6.26 Å². The largest absolute Gasteiger partial charge is 0.465 e. The number of hydrogen-bond donors (Lipinski definition) is 1. The van der Waals surface area contributed by atoms with Crippen LogP contribution < -0.4 is 5.32 Å². The molecule has 0 unspecified atom stereocenters. The molecule has 4 aromatic rings. The molecule has 2 aromatic heterocycles. The molecule has 7 nitrogen and oxygen atoms in total. The fourth-order valence-corrected chi connectivity index (χ4v) is 3.37. The Morgan fingerprint density at radius 1 is 1.06 bits per heavy atom. The van der Waals surface area contributed by atoms with Crippen molar-refractivity contribution in [2.24, 2.45) is 0 Å². The SMILES string of the molecule is Cc1cccc(C(C)C)c1NC(=O)/C(=C\c1ccco1)n1nnnc1-c1ccccc1. The molecule has 0 radical (unpaired) electrons. The van der Waals surface area contributed by atoms with Crippen LogP contribution in [0.2, 0.25) is 0 Å². The lowest BCUT2D eigenvalue weighted by atomic mass is 9.98. The van der Waals surface area contributed by atoms with Gasteiger partial charge in [0.1, 0.15) is 11.5 Å². The molecule has 0 saturated heterocycles. The van der Waals surface area contributed by atoms with Gasteiger partial charge in [-0.05, 0) is 46.5 Å². The second-order valence-corrected chi connectivity index (χ2v) is 7.47. The average molecular weight is 413 g/mol. The number of carbonyl (C=O) groups excluding carboxylic acids is 1. The molecule has 31 heavy (non-hydrogen) atoms. The fourth-order valence-electron chi connectivity index (χ4n) is 3.37. The lowest BCUT2D eigenvalue weighted by Gasteiger charge is -2.17. The third-order valence-electron chi connectivity index (χ3n) is 4.95. The van der Waals surface area contributed by atoms with Gasteiger partial charge in [0, 0.05) is 17.3 Å². The highest BCUT2D eigenvalue weighted by Crippen LogP contribution is 2.29. The van der Waals surface area contributed by atoms with Crippen molar-refractivity contribution >= 4 is 23.4 Å². The van der Waals surface area contributed by atoms with Crippen molar-refractivity contribution in [3.63, 3.8) is 0 Å². The number of furan rings is 1. The summed E-state index contributed by atoms with van der Waals surface area (Å²) in [6.07, 6.45) is 3.18. The Kier molecular flexibility index (Phi) is 5.75. The van der Waals surface area contributed by atoms with Crippen LogP contribution in [-0.2, 0) is 4.79 Å². The predicted octanol–water partition coefficient (Wildman–Crippen LogP) is 5.00. The highest BCUT2D eigenvalue weighted by molar-refractivity contribution is 6.24. The van der Waals surface area contributed by atoms with Crippen molar-refractivity contribution in [2.75, 3.05) is 5.32 Å². The fraction of sp³-hybridized carbons (Fsp3) is 0.167. The number of tetrazole rings is 1. The van der Waals surface area contributed by atoms with Crippen molar-refractivity contribution in [2.45, 2.75) is 26.7 Å². The lowest BCUT2D eigenvalue weighted by Crippen LogP contribution is -2.21. The van der Waals surface area contributed by atoms with E-state index in [1.165, 1.54) is 4.68 Å². The van der Waals surface area contributed by atoms with E-state index in [1.54, 1.807) is 24.5 Å². The first-order valence-electron chi connectivity index (χ1n) is 10.0. The number of aryl methyl sites for hydroxylation is 1. The molecule has 156 valence electrons. The Morgan fingerprint density at radius 2 is 1.87 bits per heavy atom. The number of anilines is 1. The van der Waals surface area contributed by atoms with Crippen molar-refractivity contribution in [1.82, 2.24) is 20.2 Å². The number of rotatable bonds is 6. The number of nitrogens with one attached hydrogen (secondary N) is 1. The average Bonchev–Trinajstić information content (AvgIpc) is 3.45. The van der Waals surface area contributed by atoms with E-state index in [0.717, 1.165) is 22.4 Å². The molecule has 4 rings (SSSR count). The number of para-hydroxylation sites is 1. The van der Waals surface area contributed by atoms with E-state index in [-0.39, 0.29) is 17.5 Å². The van der Waals surface area contributed by atoms with Crippen molar-refractivity contribution in [1.29, 1.82) is 0 Å². The van der Waals surface area contributed by atoms with Crippen LogP contribution in [0.25, 0.3) is 23.2 Å². The zero-order chi connectivity index (χ0) is 21.8. The van der Waals surface area contributed by atoms with E-state index < -0.39 is 0 Å². The number of aromatic nitrogens is 4. The maximum atomic E-state index is 13.5. The Bertz CT molecular complexity index is 1210. The highest BCUT2D eigenvalue weighted by Gasteiger charge is 2.21. The summed E-state index contributed by atoms with van der Waals surface area (Å²) in [6.45, 7) is 6.17. The van der Waals surface area contributed by atoms with Gasteiger partial charge in [0.25, 0.3) is 5.91 Å². The van der Waals surface area contributed by atoms with Gasteiger partial charge in [-0.15, -0.1) is 5.10 Å². The minimum Gasteiger partial charge on any atom is -0.465 e. The zero-order valence-corrected chi connectivity index (χ0v) is 17.6. The molecule has 0 atom stereocenters. The smallest absolute Gasteiger partial charge is 0.274 e. The quantitative estimate of drug-likeness (QED) is 0.450. The van der Waals surface area contributed by atoms with Gasteiger partial charge in [-0.25, -0.2) is 0 Å². The summed E-state index contributed by atoms with van der Waals surface area (Å²) in [7, 11) is 0. The minimum absolute atomic E-state index is 0.247. The van der Waals surface area contributed by atoms with Crippen molar-refractivity contribution in [3.05, 3.63) is 83.8 Å². The maximum Gasteiger partial charge on any atom is 0.274 e. The second kappa shape index (κ2) is 8.79. The molecule has 1 amide bonds. The molecule has 0 aliphatic heterocycles. The zero-order valence-electron chi connectivity index (χ0n) is 17.6. The molecule has 1 N–H and O–H groups in total. The van der Waals surface area contributed by atoms with E-state index in [1.807, 2.05) is 55.5 Å². The summed E-state index contributed by atoms with van der Waals surface area (Å²) >= 11 is 0. The first-order chi connectivity index (χ1) is 15.0. The number of carbonyl (C=O) groups is 1. The van der Waals surface area contributed by atoms with E-state index in [4.69, 9.17) is 4.42 Å². The van der Waals surface area contributed by atoms with Crippen LogP contribution in [0.4, 0.5) is 5.69 Å². The minimum atomic E-state index is -0.336. The Labute approximate surface area is 180 Å². The monoisotopic (exact) mass is 413 g/mol. The summed E-state index contributed by atoms with van der Waals surface area (Å²) in [6, 6.07) is 19.0. The molecule has 0 saturated carbocycles. The molecule has 0 bridgehead atoms. The summed E-state index contributed by atoms with van der Waals surface area (Å²) in [4.78, 5) is 13.5. The van der Waals surface area contributed by atoms with Gasteiger partial charge in [0.15, 0.2) is 5.82 Å². The maximum absolute atomic E-state index is 13.5. The van der Waals surface area contributed by atoms with Crippen LogP contribution in [0.3, 0.4) is 0 Å². The van der Waals surface area contributed by atoms with E-state index in [9.17, 15) is 4.79 Å². The van der Waals surface area contributed by atoms with Crippen LogP contribution in [-0.4, -0.2) is 26.1 Å². The number of hydrogen-bond acceptors (Lipinski definition) is 5. The summed E-state index contributed by atoms with van der Waals surface area (Å²) in [5.41, 5.74) is 3.88. The Hall–Kier alpha value is -4.00. The highest BCUT2D eigenvalue weighted by atomic mass is 16.3. The molecule has 0 fully saturated rings. The van der Waals surface area contributed by atoms with Crippen molar-refractivity contribution < 1.29 is 9.21 Å². The first-order valence-corrected chi connectivity index (χ1v) is 10.0. The van der Waals surface area contributed by atoms with Crippen LogP contribution in [0.5, 0.6) is 0 Å². The third-order valence-corrected chi connectivity index (χ3v) is 4.95. The molecular formula is C24H23N5O2. The van der Waals surface area contributed by atoms with Gasteiger partial charge in [-0.3, -0.25) is 4.79 Å². The molecule has 0 aliphatic rings.